The van der Waals surface area contributed by atoms with E-state index in [-0.39, 0.29) is 22.4 Å². The van der Waals surface area contributed by atoms with Crippen LogP contribution in [0.25, 0.3) is 0 Å². The predicted molar refractivity (Wildman–Crippen MR) is 126 cm³/mol. The molecule has 2 aromatic rings. The molecular weight excluding hydrogens is 447 g/mol. The van der Waals surface area contributed by atoms with E-state index in [1.807, 2.05) is 18.2 Å². The van der Waals surface area contributed by atoms with Crippen molar-refractivity contribution in [2.24, 2.45) is 5.10 Å². The van der Waals surface area contributed by atoms with Crippen molar-refractivity contribution in [3.05, 3.63) is 70.5 Å². The lowest BCUT2D eigenvalue weighted by atomic mass is 10.1. The van der Waals surface area contributed by atoms with Crippen molar-refractivity contribution in [2.45, 2.75) is 25.3 Å². The highest BCUT2D eigenvalue weighted by Crippen LogP contribution is 2.17. The largest absolute Gasteiger partial charge is 0.379 e. The van der Waals surface area contributed by atoms with Crippen LogP contribution in [0, 0.1) is 5.82 Å². The van der Waals surface area contributed by atoms with Gasteiger partial charge in [-0.3, -0.25) is 14.5 Å². The van der Waals surface area contributed by atoms with E-state index >= 15 is 0 Å². The summed E-state index contributed by atoms with van der Waals surface area (Å²) in [5.74, 6) is -0.893. The molecule has 0 radical (unpaired) electrons. The number of nitrogens with zero attached hydrogens (tertiary/aromatic N) is 2. The predicted octanol–water partition coefficient (Wildman–Crippen LogP) is 3.23. The number of halogens is 2. The third kappa shape index (κ3) is 7.63. The highest BCUT2D eigenvalue weighted by atomic mass is 35.5. The smallest absolute Gasteiger partial charge is 0.257 e. The first-order chi connectivity index (χ1) is 16.1. The Balaban J connectivity index is 1.50. The molecule has 0 aromatic heterocycles. The van der Waals surface area contributed by atoms with E-state index in [2.05, 4.69) is 20.7 Å². The Morgan fingerprint density at radius 3 is 2.61 bits per heavy atom. The third-order valence-corrected chi connectivity index (χ3v) is 5.71. The molecule has 0 bridgehead atoms. The Morgan fingerprint density at radius 2 is 1.88 bits per heavy atom. The number of amides is 2. The van der Waals surface area contributed by atoms with Crippen molar-refractivity contribution >= 4 is 29.6 Å². The van der Waals surface area contributed by atoms with Crippen LogP contribution in [0.2, 0.25) is 5.02 Å². The molecule has 1 aliphatic rings. The quantitative estimate of drug-likeness (QED) is 0.314. The molecule has 1 heterocycles. The van der Waals surface area contributed by atoms with Gasteiger partial charge in [0.05, 0.1) is 30.5 Å². The van der Waals surface area contributed by atoms with E-state index in [0.717, 1.165) is 12.8 Å². The minimum atomic E-state index is -0.511. The summed E-state index contributed by atoms with van der Waals surface area (Å²) in [5.41, 5.74) is 3.26. The van der Waals surface area contributed by atoms with Crippen LogP contribution in [0.4, 0.5) is 4.39 Å². The fourth-order valence-electron chi connectivity index (χ4n) is 3.59. The highest BCUT2D eigenvalue weighted by Gasteiger charge is 2.27. The van der Waals surface area contributed by atoms with Gasteiger partial charge in [-0.25, -0.2) is 9.82 Å². The molecular formula is C24H28ClFN4O3. The topological polar surface area (TPSA) is 83.0 Å². The van der Waals surface area contributed by atoms with Crippen molar-refractivity contribution in [3.63, 3.8) is 0 Å². The van der Waals surface area contributed by atoms with Crippen LogP contribution in [-0.4, -0.2) is 61.8 Å². The molecule has 0 spiro atoms. The van der Waals surface area contributed by atoms with Gasteiger partial charge >= 0.3 is 0 Å². The first-order valence-corrected chi connectivity index (χ1v) is 11.4. The summed E-state index contributed by atoms with van der Waals surface area (Å²) in [6.45, 7) is 2.93. The zero-order chi connectivity index (χ0) is 23.5. The molecule has 1 fully saturated rings. The Labute approximate surface area is 197 Å². The molecule has 2 N–H and O–H groups in total. The van der Waals surface area contributed by atoms with E-state index in [4.69, 9.17) is 16.3 Å². The number of hydrogen-bond acceptors (Lipinski definition) is 5. The summed E-state index contributed by atoms with van der Waals surface area (Å²) in [6, 6.07) is 13.0. The van der Waals surface area contributed by atoms with Gasteiger partial charge in [0.25, 0.3) is 11.8 Å². The standard InChI is InChI=1S/C24H28ClFN4O3/c25-20-9-6-10-21(26)19(20)17-28-29-24(32)22(30-13-15-33-16-14-30)11-4-5-12-27-23(31)18-7-2-1-3-8-18/h1-3,6-10,17,22H,4-5,11-16H2,(H,27,31)(H,29,32)/b28-17+/t22-/m1/s1. The van der Waals surface area contributed by atoms with Gasteiger partial charge in [-0.1, -0.05) is 35.9 Å². The van der Waals surface area contributed by atoms with E-state index in [9.17, 15) is 14.0 Å². The van der Waals surface area contributed by atoms with Gasteiger partial charge in [0.2, 0.25) is 0 Å². The number of nitrogens with one attached hydrogen (secondary N) is 2. The van der Waals surface area contributed by atoms with Gasteiger partial charge in [0.15, 0.2) is 0 Å². The van der Waals surface area contributed by atoms with E-state index < -0.39 is 11.9 Å². The van der Waals surface area contributed by atoms with Gasteiger partial charge < -0.3 is 10.1 Å². The third-order valence-electron chi connectivity index (χ3n) is 5.38. The number of benzene rings is 2. The molecule has 2 aromatic carbocycles. The zero-order valence-corrected chi connectivity index (χ0v) is 19.1. The molecule has 176 valence electrons. The van der Waals surface area contributed by atoms with Crippen LogP contribution in [-0.2, 0) is 9.53 Å². The number of ether oxygens (including phenoxy) is 1. The van der Waals surface area contributed by atoms with Crippen molar-refractivity contribution in [1.29, 1.82) is 0 Å². The first kappa shape index (κ1) is 24.8. The monoisotopic (exact) mass is 474 g/mol. The molecule has 3 rings (SSSR count). The number of unbranched alkanes of at least 4 members (excludes halogenated alkanes) is 1. The second-order valence-electron chi connectivity index (χ2n) is 7.65. The molecule has 1 atom stereocenters. The molecule has 2 amide bonds. The lowest BCUT2D eigenvalue weighted by Crippen LogP contribution is -2.50. The van der Waals surface area contributed by atoms with Crippen LogP contribution >= 0.6 is 11.6 Å². The average molecular weight is 475 g/mol. The number of hydrogen-bond donors (Lipinski definition) is 2. The number of carbonyl (C=O) groups is 2. The SMILES string of the molecule is O=C(NCCCC[C@H](C(=O)N/N=C/c1c(F)cccc1Cl)N1CCOCC1)c1ccccc1. The molecule has 33 heavy (non-hydrogen) atoms. The maximum absolute atomic E-state index is 13.9. The van der Waals surface area contributed by atoms with E-state index in [0.29, 0.717) is 44.8 Å². The summed E-state index contributed by atoms with van der Waals surface area (Å²) < 4.78 is 19.3. The summed E-state index contributed by atoms with van der Waals surface area (Å²) in [7, 11) is 0. The maximum atomic E-state index is 13.9. The maximum Gasteiger partial charge on any atom is 0.257 e. The molecule has 1 aliphatic heterocycles. The Hall–Kier alpha value is -2.81. The number of morpholine rings is 1. The zero-order valence-electron chi connectivity index (χ0n) is 18.3. The van der Waals surface area contributed by atoms with Gasteiger partial charge in [-0.2, -0.15) is 5.10 Å². The van der Waals surface area contributed by atoms with Crippen molar-refractivity contribution in [1.82, 2.24) is 15.6 Å². The van der Waals surface area contributed by atoms with Crippen LogP contribution in [0.15, 0.2) is 53.6 Å². The van der Waals surface area contributed by atoms with E-state index in [1.54, 1.807) is 18.2 Å². The average Bonchev–Trinajstić information content (AvgIpc) is 2.84. The lowest BCUT2D eigenvalue weighted by molar-refractivity contribution is -0.128. The van der Waals surface area contributed by atoms with Crippen LogP contribution in [0.1, 0.15) is 35.2 Å². The second-order valence-corrected chi connectivity index (χ2v) is 8.06. The van der Waals surface area contributed by atoms with Crippen LogP contribution in [0.3, 0.4) is 0 Å². The van der Waals surface area contributed by atoms with E-state index in [1.165, 1.54) is 18.3 Å². The normalized spacial score (nSPS) is 15.3. The van der Waals surface area contributed by atoms with Crippen LogP contribution in [0.5, 0.6) is 0 Å². The fraction of sp³-hybridized carbons (Fsp3) is 0.375. The molecule has 7 nitrogen and oxygen atoms in total. The Morgan fingerprint density at radius 1 is 1.12 bits per heavy atom. The van der Waals surface area contributed by atoms with Gasteiger partial charge in [0.1, 0.15) is 5.82 Å². The number of carbonyl (C=O) groups excluding carboxylic acids is 2. The Kier molecular flexibility index (Phi) is 9.80. The first-order valence-electron chi connectivity index (χ1n) is 11.0. The number of rotatable bonds is 10. The fourth-order valence-corrected chi connectivity index (χ4v) is 3.81. The molecule has 9 heteroatoms. The summed E-state index contributed by atoms with van der Waals surface area (Å²) in [5, 5.41) is 7.03. The highest BCUT2D eigenvalue weighted by molar-refractivity contribution is 6.33. The van der Waals surface area contributed by atoms with Crippen molar-refractivity contribution in [2.75, 3.05) is 32.8 Å². The Bertz CT molecular complexity index is 932. The molecule has 0 aliphatic carbocycles. The summed E-state index contributed by atoms with van der Waals surface area (Å²) in [4.78, 5) is 27.0. The van der Waals surface area contributed by atoms with Crippen molar-refractivity contribution in [3.8, 4) is 0 Å². The number of hydrazone groups is 1. The van der Waals surface area contributed by atoms with Gasteiger partial charge in [0, 0.05) is 30.8 Å². The van der Waals surface area contributed by atoms with Crippen LogP contribution < -0.4 is 10.7 Å². The minimum Gasteiger partial charge on any atom is -0.379 e. The summed E-state index contributed by atoms with van der Waals surface area (Å²) in [6.07, 6.45) is 3.29. The van der Waals surface area contributed by atoms with Gasteiger partial charge in [-0.05, 0) is 43.5 Å². The molecule has 0 unspecified atom stereocenters. The second kappa shape index (κ2) is 13.0. The lowest BCUT2D eigenvalue weighted by Gasteiger charge is -2.33. The summed E-state index contributed by atoms with van der Waals surface area (Å²) >= 11 is 5.99. The van der Waals surface area contributed by atoms with Crippen molar-refractivity contribution < 1.29 is 18.7 Å². The minimum absolute atomic E-state index is 0.112. The van der Waals surface area contributed by atoms with Gasteiger partial charge in [-0.15, -0.1) is 0 Å². The molecule has 0 saturated carbocycles. The molecule has 1 saturated heterocycles.